The van der Waals surface area contributed by atoms with Crippen LogP contribution in [0.3, 0.4) is 0 Å². The second kappa shape index (κ2) is 5.93. The fourth-order valence-corrected chi connectivity index (χ4v) is 2.57. The maximum absolute atomic E-state index is 12.5. The van der Waals surface area contributed by atoms with Crippen LogP contribution in [0.4, 0.5) is 18.9 Å². The van der Waals surface area contributed by atoms with Crippen molar-refractivity contribution in [3.8, 4) is 0 Å². The summed E-state index contributed by atoms with van der Waals surface area (Å²) in [4.78, 5) is 4.70. The van der Waals surface area contributed by atoms with Gasteiger partial charge < -0.3 is 5.73 Å². The molecule has 0 saturated carbocycles. The summed E-state index contributed by atoms with van der Waals surface area (Å²) in [5, 5.41) is 0.566. The smallest absolute Gasteiger partial charge is 0.398 e. The predicted octanol–water partition coefficient (Wildman–Crippen LogP) is 4.63. The van der Waals surface area contributed by atoms with Gasteiger partial charge in [0.05, 0.1) is 11.3 Å². The highest BCUT2D eigenvalue weighted by Crippen LogP contribution is 2.35. The predicted molar refractivity (Wildman–Crippen MR) is 74.7 cm³/mol. The lowest BCUT2D eigenvalue weighted by Crippen LogP contribution is -2.05. The average Bonchev–Trinajstić information content (AvgIpc) is 2.36. The molecule has 2 nitrogen and oxygen atoms in total. The lowest BCUT2D eigenvalue weighted by atomic mass is 10.2. The van der Waals surface area contributed by atoms with Crippen LogP contribution >= 0.6 is 23.4 Å². The van der Waals surface area contributed by atoms with Gasteiger partial charge in [0.1, 0.15) is 0 Å². The Balaban J connectivity index is 2.11. The quantitative estimate of drug-likeness (QED) is 0.662. The van der Waals surface area contributed by atoms with Gasteiger partial charge in [-0.05, 0) is 30.3 Å². The summed E-state index contributed by atoms with van der Waals surface area (Å²) in [6.45, 7) is 0. The molecule has 2 N–H and O–H groups in total. The lowest BCUT2D eigenvalue weighted by molar-refractivity contribution is -0.137. The van der Waals surface area contributed by atoms with Gasteiger partial charge in [-0.15, -0.1) is 11.8 Å². The summed E-state index contributed by atoms with van der Waals surface area (Å²) < 4.78 is 37.5. The third-order valence-corrected chi connectivity index (χ3v) is 3.85. The zero-order valence-electron chi connectivity index (χ0n) is 10.1. The van der Waals surface area contributed by atoms with E-state index in [1.54, 1.807) is 18.3 Å². The summed E-state index contributed by atoms with van der Waals surface area (Å²) >= 11 is 7.14. The van der Waals surface area contributed by atoms with E-state index in [-0.39, 0.29) is 5.69 Å². The third kappa shape index (κ3) is 3.80. The summed E-state index contributed by atoms with van der Waals surface area (Å²) in [5.74, 6) is 0.482. The van der Waals surface area contributed by atoms with E-state index in [9.17, 15) is 13.2 Å². The number of nitrogens with zero attached hydrogens (tertiary/aromatic N) is 1. The molecule has 2 aromatic rings. The molecular weight excluding hydrogens is 309 g/mol. The number of anilines is 1. The molecule has 0 unspecified atom stereocenters. The molecule has 0 aliphatic carbocycles. The highest BCUT2D eigenvalue weighted by atomic mass is 35.5. The molecule has 0 saturated heterocycles. The van der Waals surface area contributed by atoms with Crippen molar-refractivity contribution in [1.29, 1.82) is 0 Å². The Kier molecular flexibility index (Phi) is 4.45. The van der Waals surface area contributed by atoms with Crippen LogP contribution in [0.5, 0.6) is 0 Å². The van der Waals surface area contributed by atoms with E-state index in [1.807, 2.05) is 0 Å². The first-order valence-electron chi connectivity index (χ1n) is 5.56. The van der Waals surface area contributed by atoms with Crippen LogP contribution in [-0.4, -0.2) is 4.98 Å². The summed E-state index contributed by atoms with van der Waals surface area (Å²) in [6, 6.07) is 6.68. The molecule has 1 aromatic carbocycles. The number of hydrogen-bond donors (Lipinski definition) is 1. The molecule has 0 spiro atoms. The topological polar surface area (TPSA) is 38.9 Å². The van der Waals surface area contributed by atoms with E-state index in [0.717, 1.165) is 17.8 Å². The molecule has 7 heteroatoms. The largest absolute Gasteiger partial charge is 0.416 e. The van der Waals surface area contributed by atoms with Crippen molar-refractivity contribution in [2.45, 2.75) is 16.8 Å². The Bertz CT molecular complexity index is 617. The van der Waals surface area contributed by atoms with Crippen molar-refractivity contribution >= 4 is 29.1 Å². The van der Waals surface area contributed by atoms with Crippen LogP contribution in [0, 0.1) is 0 Å². The molecular formula is C13H10ClF3N2S. The van der Waals surface area contributed by atoms with Gasteiger partial charge in [-0.25, -0.2) is 0 Å². The fourth-order valence-electron chi connectivity index (χ4n) is 1.54. The zero-order valence-corrected chi connectivity index (χ0v) is 11.7. The Morgan fingerprint density at radius 3 is 2.55 bits per heavy atom. The van der Waals surface area contributed by atoms with Gasteiger partial charge in [0.25, 0.3) is 0 Å². The Hall–Kier alpha value is -1.40. The van der Waals surface area contributed by atoms with Crippen molar-refractivity contribution in [3.05, 3.63) is 52.8 Å². The molecule has 0 atom stereocenters. The minimum Gasteiger partial charge on any atom is -0.398 e. The molecule has 0 amide bonds. The van der Waals surface area contributed by atoms with E-state index in [0.29, 0.717) is 15.7 Å². The Labute approximate surface area is 123 Å². The van der Waals surface area contributed by atoms with Crippen molar-refractivity contribution in [1.82, 2.24) is 4.98 Å². The molecule has 0 aliphatic rings. The Morgan fingerprint density at radius 1 is 1.20 bits per heavy atom. The second-order valence-electron chi connectivity index (χ2n) is 4.00. The van der Waals surface area contributed by atoms with E-state index < -0.39 is 11.7 Å². The van der Waals surface area contributed by atoms with Crippen molar-refractivity contribution in [2.75, 3.05) is 5.73 Å². The van der Waals surface area contributed by atoms with Crippen molar-refractivity contribution in [2.24, 2.45) is 0 Å². The first-order valence-corrected chi connectivity index (χ1v) is 6.92. The molecule has 20 heavy (non-hydrogen) atoms. The average molecular weight is 319 g/mol. The number of nitrogens with two attached hydrogens (primary N) is 1. The third-order valence-electron chi connectivity index (χ3n) is 2.49. The molecule has 1 heterocycles. The number of nitrogen functional groups attached to an aromatic ring is 1. The molecule has 0 bridgehead atoms. The number of aromatic nitrogens is 1. The SMILES string of the molecule is Nc1cc(C(F)(F)F)ccc1SCc1cc(Cl)ccn1. The first-order chi connectivity index (χ1) is 9.36. The standard InChI is InChI=1S/C13H10ClF3N2S/c14-9-3-4-19-10(6-9)7-20-12-2-1-8(5-11(12)18)13(15,16)17/h1-6H,7,18H2. The summed E-state index contributed by atoms with van der Waals surface area (Å²) in [5.41, 5.74) is 5.74. The maximum atomic E-state index is 12.5. The molecule has 1 aromatic heterocycles. The number of hydrogen-bond acceptors (Lipinski definition) is 3. The zero-order chi connectivity index (χ0) is 14.8. The van der Waals surface area contributed by atoms with E-state index >= 15 is 0 Å². The van der Waals surface area contributed by atoms with Crippen LogP contribution < -0.4 is 5.73 Å². The lowest BCUT2D eigenvalue weighted by Gasteiger charge is -2.10. The first kappa shape index (κ1) is 15.0. The van der Waals surface area contributed by atoms with Gasteiger partial charge in [0, 0.05) is 27.6 Å². The number of alkyl halides is 3. The van der Waals surface area contributed by atoms with Crippen molar-refractivity contribution in [3.63, 3.8) is 0 Å². The van der Waals surface area contributed by atoms with Gasteiger partial charge in [-0.1, -0.05) is 11.6 Å². The monoisotopic (exact) mass is 318 g/mol. The normalized spacial score (nSPS) is 11.6. The van der Waals surface area contributed by atoms with Crippen LogP contribution in [-0.2, 0) is 11.9 Å². The number of rotatable bonds is 3. The second-order valence-corrected chi connectivity index (χ2v) is 5.46. The van der Waals surface area contributed by atoms with Gasteiger partial charge in [0.2, 0.25) is 0 Å². The summed E-state index contributed by atoms with van der Waals surface area (Å²) in [6.07, 6.45) is -2.81. The van der Waals surface area contributed by atoms with Crippen LogP contribution in [0.1, 0.15) is 11.3 Å². The highest BCUT2D eigenvalue weighted by Gasteiger charge is 2.30. The number of pyridine rings is 1. The van der Waals surface area contributed by atoms with Crippen LogP contribution in [0.15, 0.2) is 41.4 Å². The fraction of sp³-hybridized carbons (Fsp3) is 0.154. The van der Waals surface area contributed by atoms with E-state index in [1.165, 1.54) is 17.8 Å². The number of benzene rings is 1. The van der Waals surface area contributed by atoms with Gasteiger partial charge in [0.15, 0.2) is 0 Å². The molecule has 0 radical (unpaired) electrons. The van der Waals surface area contributed by atoms with E-state index in [4.69, 9.17) is 17.3 Å². The van der Waals surface area contributed by atoms with Crippen molar-refractivity contribution < 1.29 is 13.2 Å². The highest BCUT2D eigenvalue weighted by molar-refractivity contribution is 7.98. The molecule has 2 rings (SSSR count). The van der Waals surface area contributed by atoms with Gasteiger partial charge >= 0.3 is 6.18 Å². The van der Waals surface area contributed by atoms with E-state index in [2.05, 4.69) is 4.98 Å². The molecule has 0 aliphatic heterocycles. The minimum atomic E-state index is -4.38. The van der Waals surface area contributed by atoms with Gasteiger partial charge in [-0.3, -0.25) is 4.98 Å². The molecule has 0 fully saturated rings. The maximum Gasteiger partial charge on any atom is 0.416 e. The molecule has 106 valence electrons. The number of thioether (sulfide) groups is 1. The van der Waals surface area contributed by atoms with Crippen LogP contribution in [0.25, 0.3) is 0 Å². The van der Waals surface area contributed by atoms with Crippen LogP contribution in [0.2, 0.25) is 5.02 Å². The Morgan fingerprint density at radius 2 is 1.95 bits per heavy atom. The summed E-state index contributed by atoms with van der Waals surface area (Å²) in [7, 11) is 0. The van der Waals surface area contributed by atoms with Gasteiger partial charge in [-0.2, -0.15) is 13.2 Å². The number of halogens is 4. The minimum absolute atomic E-state index is 0.104.